The minimum Gasteiger partial charge on any atom is -0.464 e. The highest BCUT2D eigenvalue weighted by Gasteiger charge is 2.25. The molecule has 21 heavy (non-hydrogen) atoms. The number of carbonyl (C=O) groups is 1. The van der Waals surface area contributed by atoms with Crippen molar-refractivity contribution in [3.05, 3.63) is 30.3 Å². The van der Waals surface area contributed by atoms with Crippen LogP contribution in [0.2, 0.25) is 0 Å². The van der Waals surface area contributed by atoms with Crippen molar-refractivity contribution in [2.24, 2.45) is 5.92 Å². The first-order chi connectivity index (χ1) is 9.84. The van der Waals surface area contributed by atoms with E-state index in [4.69, 9.17) is 9.26 Å². The van der Waals surface area contributed by atoms with E-state index in [0.29, 0.717) is 18.3 Å². The highest BCUT2D eigenvalue weighted by molar-refractivity contribution is 7.56. The second kappa shape index (κ2) is 8.20. The largest absolute Gasteiger partial charge is 0.464 e. The fraction of sp³-hybridized carbons (Fsp3) is 0.533. The molecule has 0 aromatic heterocycles. The highest BCUT2D eigenvalue weighted by Crippen LogP contribution is 2.39. The molecule has 3 atom stereocenters. The number of nitrogens with one attached hydrogen (secondary N) is 1. The Morgan fingerprint density at radius 3 is 2.48 bits per heavy atom. The van der Waals surface area contributed by atoms with Crippen LogP contribution in [-0.4, -0.2) is 25.3 Å². The molecule has 0 bridgehead atoms. The molecule has 0 saturated heterocycles. The van der Waals surface area contributed by atoms with Gasteiger partial charge in [-0.25, -0.2) is 5.09 Å². The summed E-state index contributed by atoms with van der Waals surface area (Å²) in [4.78, 5) is 11.8. The summed E-state index contributed by atoms with van der Waals surface area (Å²) in [6, 6.07) is 8.16. The Bertz CT molecular complexity index is 492. The number of benzene rings is 1. The molecule has 118 valence electrons. The quantitative estimate of drug-likeness (QED) is 0.588. The lowest BCUT2D eigenvalue weighted by Gasteiger charge is -2.20. The maximum atomic E-state index is 12.4. The summed E-state index contributed by atoms with van der Waals surface area (Å²) in [6.07, 6.45) is 0.943. The molecule has 0 spiro atoms. The first-order valence-corrected chi connectivity index (χ1v) is 9.18. The van der Waals surface area contributed by atoms with Crippen molar-refractivity contribution >= 4 is 13.5 Å². The molecule has 0 aliphatic heterocycles. The molecule has 0 amide bonds. The minimum absolute atomic E-state index is 0.315. The van der Waals surface area contributed by atoms with E-state index in [1.54, 1.807) is 31.2 Å². The molecule has 1 unspecified atom stereocenters. The fourth-order valence-corrected chi connectivity index (χ4v) is 2.97. The molecule has 1 aromatic carbocycles. The van der Waals surface area contributed by atoms with Gasteiger partial charge >= 0.3 is 13.5 Å². The van der Waals surface area contributed by atoms with Gasteiger partial charge in [0.1, 0.15) is 11.8 Å². The van der Waals surface area contributed by atoms with E-state index >= 15 is 0 Å². The van der Waals surface area contributed by atoms with E-state index < -0.39 is 19.5 Å². The Hall–Kier alpha value is -1.32. The third-order valence-electron chi connectivity index (χ3n) is 3.01. The Labute approximate surface area is 126 Å². The predicted molar refractivity (Wildman–Crippen MR) is 83.6 cm³/mol. The SMILES string of the molecule is CCC(C)COC(=O)[C@H](C)N[P@@](C)(=O)Oc1ccccc1. The Balaban J connectivity index is 2.50. The first-order valence-electron chi connectivity index (χ1n) is 7.10. The molecule has 0 fully saturated rings. The van der Waals surface area contributed by atoms with Crippen molar-refractivity contribution in [2.75, 3.05) is 13.3 Å². The van der Waals surface area contributed by atoms with E-state index in [-0.39, 0.29) is 0 Å². The van der Waals surface area contributed by atoms with Gasteiger partial charge in [-0.3, -0.25) is 9.36 Å². The van der Waals surface area contributed by atoms with Gasteiger partial charge in [0.15, 0.2) is 0 Å². The molecular weight excluding hydrogens is 289 g/mol. The van der Waals surface area contributed by atoms with Crippen molar-refractivity contribution in [1.29, 1.82) is 0 Å². The van der Waals surface area contributed by atoms with Gasteiger partial charge in [-0.05, 0) is 25.0 Å². The van der Waals surface area contributed by atoms with Crippen molar-refractivity contribution < 1.29 is 18.6 Å². The molecule has 1 rings (SSSR count). The maximum Gasteiger partial charge on any atom is 0.323 e. The summed E-state index contributed by atoms with van der Waals surface area (Å²) < 4.78 is 22.9. The van der Waals surface area contributed by atoms with E-state index in [1.165, 1.54) is 6.66 Å². The van der Waals surface area contributed by atoms with Crippen molar-refractivity contribution in [1.82, 2.24) is 5.09 Å². The van der Waals surface area contributed by atoms with Crippen LogP contribution < -0.4 is 9.61 Å². The van der Waals surface area contributed by atoms with Crippen LogP contribution in [0.5, 0.6) is 5.75 Å². The third-order valence-corrected chi connectivity index (χ3v) is 4.43. The number of hydrogen-bond donors (Lipinski definition) is 1. The molecule has 5 nitrogen and oxygen atoms in total. The van der Waals surface area contributed by atoms with Crippen molar-refractivity contribution in [3.8, 4) is 5.75 Å². The van der Waals surface area contributed by atoms with E-state index in [9.17, 15) is 9.36 Å². The Kier molecular flexibility index (Phi) is 6.93. The number of ether oxygens (including phenoxy) is 1. The zero-order valence-corrected chi connectivity index (χ0v) is 13.9. The minimum atomic E-state index is -3.13. The van der Waals surface area contributed by atoms with Crippen molar-refractivity contribution in [3.63, 3.8) is 0 Å². The van der Waals surface area contributed by atoms with Gasteiger partial charge in [-0.1, -0.05) is 38.5 Å². The van der Waals surface area contributed by atoms with Gasteiger partial charge < -0.3 is 9.26 Å². The standard InChI is InChI=1S/C15H24NO4P/c1-5-12(2)11-19-15(17)13(3)16-21(4,18)20-14-9-7-6-8-10-14/h6-10,12-13H,5,11H2,1-4H3,(H,16,18)/t12?,13-,21-/m0/s1. The number of rotatable bonds is 8. The van der Waals surface area contributed by atoms with Crippen LogP contribution in [0.4, 0.5) is 0 Å². The Morgan fingerprint density at radius 2 is 1.90 bits per heavy atom. The zero-order chi connectivity index (χ0) is 15.9. The van der Waals surface area contributed by atoms with Crippen LogP contribution in [0.25, 0.3) is 0 Å². The van der Waals surface area contributed by atoms with Gasteiger partial charge in [0.2, 0.25) is 0 Å². The molecule has 0 saturated carbocycles. The van der Waals surface area contributed by atoms with Gasteiger partial charge in [-0.15, -0.1) is 0 Å². The number of para-hydroxylation sites is 1. The monoisotopic (exact) mass is 313 g/mol. The summed E-state index contributed by atoms with van der Waals surface area (Å²) in [5.41, 5.74) is 0. The fourth-order valence-electron chi connectivity index (χ4n) is 1.58. The molecule has 0 radical (unpaired) electrons. The summed E-state index contributed by atoms with van der Waals surface area (Å²) in [5.74, 6) is 0.389. The third kappa shape index (κ3) is 6.78. The van der Waals surface area contributed by atoms with Crippen LogP contribution >= 0.6 is 7.52 Å². The molecule has 1 N–H and O–H groups in total. The topological polar surface area (TPSA) is 64.6 Å². The molecule has 6 heteroatoms. The Morgan fingerprint density at radius 1 is 1.29 bits per heavy atom. The van der Waals surface area contributed by atoms with Crippen LogP contribution in [0.1, 0.15) is 27.2 Å². The van der Waals surface area contributed by atoms with Gasteiger partial charge in [-0.2, -0.15) is 0 Å². The lowest BCUT2D eigenvalue weighted by molar-refractivity contribution is -0.146. The average molecular weight is 313 g/mol. The number of carbonyl (C=O) groups excluding carboxylic acids is 1. The van der Waals surface area contributed by atoms with Gasteiger partial charge in [0, 0.05) is 6.66 Å². The van der Waals surface area contributed by atoms with Crippen LogP contribution in [0.15, 0.2) is 30.3 Å². The average Bonchev–Trinajstić information content (AvgIpc) is 2.44. The smallest absolute Gasteiger partial charge is 0.323 e. The second-order valence-electron chi connectivity index (χ2n) is 5.24. The molecule has 0 heterocycles. The van der Waals surface area contributed by atoms with Crippen molar-refractivity contribution in [2.45, 2.75) is 33.2 Å². The number of hydrogen-bond acceptors (Lipinski definition) is 4. The second-order valence-corrected chi connectivity index (χ2v) is 7.38. The first kappa shape index (κ1) is 17.7. The highest BCUT2D eigenvalue weighted by atomic mass is 31.2. The summed E-state index contributed by atoms with van der Waals surface area (Å²) in [5, 5.41) is 2.71. The molecular formula is C15H24NO4P. The van der Waals surface area contributed by atoms with E-state index in [0.717, 1.165) is 6.42 Å². The van der Waals surface area contributed by atoms with E-state index in [1.807, 2.05) is 19.9 Å². The normalized spacial score (nSPS) is 16.6. The van der Waals surface area contributed by atoms with Crippen LogP contribution in [0.3, 0.4) is 0 Å². The summed E-state index contributed by atoms with van der Waals surface area (Å²) in [6.45, 7) is 7.47. The molecule has 0 aliphatic rings. The predicted octanol–water partition coefficient (Wildman–Crippen LogP) is 3.46. The summed E-state index contributed by atoms with van der Waals surface area (Å²) >= 11 is 0. The maximum absolute atomic E-state index is 12.4. The van der Waals surface area contributed by atoms with Crippen LogP contribution in [0, 0.1) is 5.92 Å². The number of esters is 1. The van der Waals surface area contributed by atoms with Gasteiger partial charge in [0.05, 0.1) is 6.61 Å². The lowest BCUT2D eigenvalue weighted by atomic mass is 10.1. The van der Waals surface area contributed by atoms with Crippen LogP contribution in [-0.2, 0) is 14.1 Å². The lowest BCUT2D eigenvalue weighted by Crippen LogP contribution is -2.34. The molecule has 0 aliphatic carbocycles. The van der Waals surface area contributed by atoms with E-state index in [2.05, 4.69) is 5.09 Å². The summed E-state index contributed by atoms with van der Waals surface area (Å²) in [7, 11) is -3.13. The zero-order valence-electron chi connectivity index (χ0n) is 13.0. The van der Waals surface area contributed by atoms with Gasteiger partial charge in [0.25, 0.3) is 0 Å². The molecule has 1 aromatic rings.